The lowest BCUT2D eigenvalue weighted by Crippen LogP contribution is -2.12. The minimum atomic E-state index is -0.561. The molecule has 0 aliphatic rings. The zero-order chi connectivity index (χ0) is 11.4. The van der Waals surface area contributed by atoms with E-state index in [0.29, 0.717) is 17.0 Å². The molecule has 0 unspecified atom stereocenters. The molecule has 1 aromatic carbocycles. The number of nitrogens with one attached hydrogen (secondary N) is 1. The smallest absolute Gasteiger partial charge is 0.248 e. The molecule has 0 fully saturated rings. The molecule has 1 rings (SSSR count). The van der Waals surface area contributed by atoms with Gasteiger partial charge >= 0.3 is 0 Å². The van der Waals surface area contributed by atoms with Gasteiger partial charge in [-0.2, -0.15) is 5.11 Å². The number of nitrogens with two attached hydrogens (primary N) is 1. The first kappa shape index (κ1) is 11.2. The Morgan fingerprint density at radius 3 is 2.60 bits per heavy atom. The summed E-state index contributed by atoms with van der Waals surface area (Å²) in [6.07, 6.45) is -0.00768. The van der Waals surface area contributed by atoms with E-state index in [1.54, 1.807) is 6.07 Å². The molecule has 3 N–H and O–H groups in total. The Kier molecular flexibility index (Phi) is 3.38. The van der Waals surface area contributed by atoms with Crippen LogP contribution in [0.15, 0.2) is 23.3 Å². The van der Waals surface area contributed by atoms with E-state index >= 15 is 0 Å². The minimum absolute atomic E-state index is 0.00768. The standard InChI is InChI=1S/C10H13N3O2/c1-6(2)15-9-4-7(10(11)14)3-8(5-9)13-12/h3-6,12H,1-2H3,(H2,11,14). The van der Waals surface area contributed by atoms with Crippen molar-refractivity contribution in [1.82, 2.24) is 0 Å². The van der Waals surface area contributed by atoms with Gasteiger partial charge in [-0.25, -0.2) is 5.53 Å². The summed E-state index contributed by atoms with van der Waals surface area (Å²) in [4.78, 5) is 11.0. The molecule has 1 aromatic rings. The topological polar surface area (TPSA) is 88.5 Å². The van der Waals surface area contributed by atoms with E-state index in [9.17, 15) is 4.79 Å². The van der Waals surface area contributed by atoms with Crippen LogP contribution in [0.3, 0.4) is 0 Å². The Hall–Kier alpha value is -1.91. The van der Waals surface area contributed by atoms with Gasteiger partial charge in [-0.05, 0) is 26.0 Å². The Labute approximate surface area is 87.7 Å². The highest BCUT2D eigenvalue weighted by molar-refractivity contribution is 5.94. The molecule has 0 atom stereocenters. The molecule has 0 aromatic heterocycles. The number of carbonyl (C=O) groups is 1. The molecule has 5 heteroatoms. The maximum Gasteiger partial charge on any atom is 0.248 e. The quantitative estimate of drug-likeness (QED) is 0.741. The number of hydrogen-bond donors (Lipinski definition) is 2. The number of primary amides is 1. The minimum Gasteiger partial charge on any atom is -0.491 e. The van der Waals surface area contributed by atoms with Gasteiger partial charge in [0.05, 0.1) is 11.8 Å². The summed E-state index contributed by atoms with van der Waals surface area (Å²) in [7, 11) is 0. The maximum absolute atomic E-state index is 11.0. The molecule has 0 bridgehead atoms. The van der Waals surface area contributed by atoms with E-state index in [1.165, 1.54) is 12.1 Å². The van der Waals surface area contributed by atoms with Crippen molar-refractivity contribution in [3.05, 3.63) is 23.8 Å². The third-order valence-corrected chi connectivity index (χ3v) is 1.68. The van der Waals surface area contributed by atoms with Crippen LogP contribution in [0.2, 0.25) is 0 Å². The van der Waals surface area contributed by atoms with Crippen molar-refractivity contribution in [2.24, 2.45) is 10.8 Å². The van der Waals surface area contributed by atoms with Crippen LogP contribution in [-0.4, -0.2) is 12.0 Å². The van der Waals surface area contributed by atoms with Gasteiger partial charge in [-0.15, -0.1) is 0 Å². The molecule has 0 saturated heterocycles. The van der Waals surface area contributed by atoms with Crippen molar-refractivity contribution >= 4 is 11.6 Å². The fraction of sp³-hybridized carbons (Fsp3) is 0.300. The molecular formula is C10H13N3O2. The first-order valence-corrected chi connectivity index (χ1v) is 4.52. The van der Waals surface area contributed by atoms with Crippen LogP contribution >= 0.6 is 0 Å². The summed E-state index contributed by atoms with van der Waals surface area (Å²) >= 11 is 0. The SMILES string of the molecule is CC(C)Oc1cc(N=N)cc(C(N)=O)c1. The van der Waals surface area contributed by atoms with E-state index in [2.05, 4.69) is 5.11 Å². The highest BCUT2D eigenvalue weighted by Gasteiger charge is 2.07. The molecule has 0 saturated carbocycles. The lowest BCUT2D eigenvalue weighted by atomic mass is 10.2. The average Bonchev–Trinajstić information content (AvgIpc) is 2.16. The second kappa shape index (κ2) is 4.54. The molecule has 0 spiro atoms. The number of rotatable bonds is 4. The van der Waals surface area contributed by atoms with Crippen LogP contribution in [0.25, 0.3) is 0 Å². The molecule has 80 valence electrons. The van der Waals surface area contributed by atoms with Gasteiger partial charge < -0.3 is 10.5 Å². The van der Waals surface area contributed by atoms with Crippen LogP contribution < -0.4 is 10.5 Å². The molecule has 0 aliphatic carbocycles. The Morgan fingerprint density at radius 2 is 2.13 bits per heavy atom. The van der Waals surface area contributed by atoms with Crippen LogP contribution in [0.4, 0.5) is 5.69 Å². The third kappa shape index (κ3) is 3.05. The first-order valence-electron chi connectivity index (χ1n) is 4.52. The monoisotopic (exact) mass is 207 g/mol. The van der Waals surface area contributed by atoms with E-state index in [1.807, 2.05) is 13.8 Å². The summed E-state index contributed by atoms with van der Waals surface area (Å²) in [6, 6.07) is 4.57. The molecule has 5 nitrogen and oxygen atoms in total. The lowest BCUT2D eigenvalue weighted by Gasteiger charge is -2.10. The van der Waals surface area contributed by atoms with E-state index < -0.39 is 5.91 Å². The number of carbonyl (C=O) groups excluding carboxylic acids is 1. The van der Waals surface area contributed by atoms with Gasteiger partial charge in [-0.1, -0.05) is 0 Å². The van der Waals surface area contributed by atoms with Gasteiger partial charge in [0.25, 0.3) is 0 Å². The van der Waals surface area contributed by atoms with Gasteiger partial charge in [0.15, 0.2) is 0 Å². The molecular weight excluding hydrogens is 194 g/mol. The Morgan fingerprint density at radius 1 is 1.47 bits per heavy atom. The lowest BCUT2D eigenvalue weighted by molar-refractivity contribution is 0.0999. The first-order chi connectivity index (χ1) is 7.02. The number of amides is 1. The number of nitrogens with zero attached hydrogens (tertiary/aromatic N) is 1. The summed E-state index contributed by atoms with van der Waals surface area (Å²) in [5.74, 6) is -0.0681. The highest BCUT2D eigenvalue weighted by atomic mass is 16.5. The van der Waals surface area contributed by atoms with Crippen molar-refractivity contribution < 1.29 is 9.53 Å². The molecule has 0 aliphatic heterocycles. The van der Waals surface area contributed by atoms with Crippen molar-refractivity contribution in [2.75, 3.05) is 0 Å². The van der Waals surface area contributed by atoms with Gasteiger partial charge in [0.1, 0.15) is 5.75 Å². The zero-order valence-corrected chi connectivity index (χ0v) is 8.65. The van der Waals surface area contributed by atoms with Crippen molar-refractivity contribution in [1.29, 1.82) is 5.53 Å². The number of ether oxygens (including phenoxy) is 1. The van der Waals surface area contributed by atoms with Crippen molar-refractivity contribution in [2.45, 2.75) is 20.0 Å². The van der Waals surface area contributed by atoms with Crippen molar-refractivity contribution in [3.8, 4) is 5.75 Å². The largest absolute Gasteiger partial charge is 0.491 e. The third-order valence-electron chi connectivity index (χ3n) is 1.68. The fourth-order valence-corrected chi connectivity index (χ4v) is 1.13. The van der Waals surface area contributed by atoms with Gasteiger partial charge in [0, 0.05) is 11.6 Å². The second-order valence-corrected chi connectivity index (χ2v) is 3.36. The predicted octanol–water partition coefficient (Wildman–Crippen LogP) is 2.24. The van der Waals surface area contributed by atoms with Crippen LogP contribution in [0.5, 0.6) is 5.75 Å². The summed E-state index contributed by atoms with van der Waals surface area (Å²) in [6.45, 7) is 3.74. The Bertz CT molecular complexity index is 388. The zero-order valence-electron chi connectivity index (χ0n) is 8.65. The molecule has 0 heterocycles. The molecule has 1 amide bonds. The Balaban J connectivity index is 3.11. The van der Waals surface area contributed by atoms with Crippen LogP contribution in [0.1, 0.15) is 24.2 Å². The number of hydrogen-bond acceptors (Lipinski definition) is 4. The summed E-state index contributed by atoms with van der Waals surface area (Å²) in [5.41, 5.74) is 12.7. The normalized spacial score (nSPS) is 10.1. The van der Waals surface area contributed by atoms with Gasteiger partial charge in [0.2, 0.25) is 5.91 Å². The van der Waals surface area contributed by atoms with Crippen LogP contribution in [0, 0.1) is 5.53 Å². The average molecular weight is 207 g/mol. The highest BCUT2D eigenvalue weighted by Crippen LogP contribution is 2.23. The fourth-order valence-electron chi connectivity index (χ4n) is 1.13. The molecule has 0 radical (unpaired) electrons. The van der Waals surface area contributed by atoms with E-state index in [-0.39, 0.29) is 6.10 Å². The van der Waals surface area contributed by atoms with E-state index in [0.717, 1.165) is 0 Å². The summed E-state index contributed by atoms with van der Waals surface area (Å²) in [5, 5.41) is 3.24. The van der Waals surface area contributed by atoms with E-state index in [4.69, 9.17) is 16.0 Å². The van der Waals surface area contributed by atoms with Gasteiger partial charge in [-0.3, -0.25) is 4.79 Å². The van der Waals surface area contributed by atoms with Crippen molar-refractivity contribution in [3.63, 3.8) is 0 Å². The predicted molar refractivity (Wildman–Crippen MR) is 55.5 cm³/mol. The maximum atomic E-state index is 11.0. The summed E-state index contributed by atoms with van der Waals surface area (Å²) < 4.78 is 5.40. The number of benzene rings is 1. The molecule has 15 heavy (non-hydrogen) atoms. The second-order valence-electron chi connectivity index (χ2n) is 3.36. The van der Waals surface area contributed by atoms with Crippen LogP contribution in [-0.2, 0) is 0 Å².